The Morgan fingerprint density at radius 3 is 2.50 bits per heavy atom. The summed E-state index contributed by atoms with van der Waals surface area (Å²) < 4.78 is 10.7. The summed E-state index contributed by atoms with van der Waals surface area (Å²) in [4.78, 5) is 37.5. The molecule has 8 heteroatoms. The molecule has 156 valence electrons. The van der Waals surface area contributed by atoms with Gasteiger partial charge in [0.15, 0.2) is 0 Å². The van der Waals surface area contributed by atoms with Gasteiger partial charge in [0, 0.05) is 10.6 Å². The molecule has 0 atom stereocenters. The molecular weight excluding hydrogens is 426 g/mol. The maximum absolute atomic E-state index is 12.5. The minimum atomic E-state index is -0.617. The van der Waals surface area contributed by atoms with Gasteiger partial charge in [-0.25, -0.2) is 0 Å². The molecule has 0 N–H and O–H groups in total. The Morgan fingerprint density at radius 2 is 1.83 bits per heavy atom. The molecule has 0 aromatic heterocycles. The molecule has 6 nitrogen and oxygen atoms in total. The number of benzene rings is 2. The normalized spacial score (nSPS) is 15.2. The number of amides is 2. The van der Waals surface area contributed by atoms with E-state index in [4.69, 9.17) is 21.1 Å². The third kappa shape index (κ3) is 5.64. The molecule has 3 rings (SSSR count). The molecule has 0 aliphatic carbocycles. The predicted octanol–water partition coefficient (Wildman–Crippen LogP) is 4.91. The number of imide groups is 1. The Morgan fingerprint density at radius 1 is 1.13 bits per heavy atom. The summed E-state index contributed by atoms with van der Waals surface area (Å²) in [7, 11) is 0. The van der Waals surface area contributed by atoms with E-state index in [0.29, 0.717) is 17.4 Å². The molecule has 0 saturated carbocycles. The van der Waals surface area contributed by atoms with Crippen molar-refractivity contribution in [3.63, 3.8) is 0 Å². The summed E-state index contributed by atoms with van der Waals surface area (Å²) in [5.74, 6) is -0.477. The number of hydrogen-bond donors (Lipinski definition) is 0. The zero-order chi connectivity index (χ0) is 21.7. The number of carbonyl (C=O) groups excluding carboxylic acids is 3. The fraction of sp³-hybridized carbons (Fsp3) is 0.227. The van der Waals surface area contributed by atoms with E-state index in [1.54, 1.807) is 50.3 Å². The van der Waals surface area contributed by atoms with Crippen molar-refractivity contribution in [2.24, 2.45) is 0 Å². The lowest BCUT2D eigenvalue weighted by Gasteiger charge is -2.13. The molecule has 0 unspecified atom stereocenters. The molecule has 1 aliphatic rings. The van der Waals surface area contributed by atoms with Crippen molar-refractivity contribution in [2.45, 2.75) is 26.6 Å². The summed E-state index contributed by atoms with van der Waals surface area (Å²) in [5, 5.41) is 0.147. The molecule has 2 aromatic carbocycles. The molecule has 1 fully saturated rings. The summed E-state index contributed by atoms with van der Waals surface area (Å²) in [6, 6.07) is 14.5. The van der Waals surface area contributed by atoms with E-state index in [2.05, 4.69) is 0 Å². The molecule has 0 spiro atoms. The smallest absolute Gasteiger partial charge is 0.326 e. The first-order valence-corrected chi connectivity index (χ1v) is 10.4. The monoisotopic (exact) mass is 445 g/mol. The fourth-order valence-corrected chi connectivity index (χ4v) is 3.68. The number of rotatable bonds is 7. The van der Waals surface area contributed by atoms with Gasteiger partial charge in [0.25, 0.3) is 11.1 Å². The van der Waals surface area contributed by atoms with Crippen LogP contribution in [-0.4, -0.2) is 34.7 Å². The third-order valence-corrected chi connectivity index (χ3v) is 5.33. The number of halogens is 1. The molecule has 0 bridgehead atoms. The lowest BCUT2D eigenvalue weighted by molar-refractivity contribution is -0.149. The van der Waals surface area contributed by atoms with Gasteiger partial charge in [0.2, 0.25) is 0 Å². The Labute approximate surface area is 183 Å². The van der Waals surface area contributed by atoms with Crippen LogP contribution in [0.25, 0.3) is 6.08 Å². The lowest BCUT2D eigenvalue weighted by atomic mass is 10.2. The van der Waals surface area contributed by atoms with Crippen molar-refractivity contribution in [3.05, 3.63) is 69.6 Å². The van der Waals surface area contributed by atoms with Gasteiger partial charge in [0.05, 0.1) is 11.0 Å². The van der Waals surface area contributed by atoms with Crippen LogP contribution in [-0.2, 0) is 20.9 Å². The zero-order valence-corrected chi connectivity index (χ0v) is 18.0. The van der Waals surface area contributed by atoms with Crippen LogP contribution in [0, 0.1) is 0 Å². The molecule has 2 aromatic rings. The number of ether oxygens (including phenoxy) is 2. The second-order valence-electron chi connectivity index (χ2n) is 6.76. The van der Waals surface area contributed by atoms with Gasteiger partial charge in [-0.15, -0.1) is 0 Å². The highest BCUT2D eigenvalue weighted by Crippen LogP contribution is 2.32. The second-order valence-corrected chi connectivity index (χ2v) is 8.16. The van der Waals surface area contributed by atoms with E-state index < -0.39 is 23.7 Å². The molecule has 1 saturated heterocycles. The quantitative estimate of drug-likeness (QED) is 0.445. The van der Waals surface area contributed by atoms with Crippen molar-refractivity contribution in [1.29, 1.82) is 0 Å². The molecular formula is C22H20ClNO5S. The first kappa shape index (κ1) is 21.9. The van der Waals surface area contributed by atoms with Crippen LogP contribution < -0.4 is 4.74 Å². The number of nitrogens with zero attached hydrogens (tertiary/aromatic N) is 1. The minimum absolute atomic E-state index is 0.252. The number of hydrogen-bond acceptors (Lipinski definition) is 6. The Balaban J connectivity index is 1.62. The van der Waals surface area contributed by atoms with Gasteiger partial charge in [0.1, 0.15) is 18.9 Å². The number of carbonyl (C=O) groups is 3. The van der Waals surface area contributed by atoms with Gasteiger partial charge in [-0.05, 0) is 55.4 Å². The van der Waals surface area contributed by atoms with Crippen LogP contribution in [0.3, 0.4) is 0 Å². The van der Waals surface area contributed by atoms with Gasteiger partial charge < -0.3 is 9.47 Å². The fourth-order valence-electron chi connectivity index (χ4n) is 2.65. The van der Waals surface area contributed by atoms with E-state index in [-0.39, 0.29) is 11.0 Å². The van der Waals surface area contributed by atoms with Crippen LogP contribution in [0.2, 0.25) is 5.02 Å². The molecule has 2 amide bonds. The zero-order valence-electron chi connectivity index (χ0n) is 16.5. The minimum Gasteiger partial charge on any atom is -0.489 e. The average Bonchev–Trinajstić information content (AvgIpc) is 2.95. The first-order valence-electron chi connectivity index (χ1n) is 9.24. The highest BCUT2D eigenvalue weighted by molar-refractivity contribution is 8.18. The average molecular weight is 446 g/mol. The number of thioether (sulfide) groups is 1. The Bertz CT molecular complexity index is 987. The molecule has 0 radical (unpaired) electrons. The van der Waals surface area contributed by atoms with Crippen molar-refractivity contribution in [2.75, 3.05) is 6.54 Å². The van der Waals surface area contributed by atoms with Crippen LogP contribution in [0.5, 0.6) is 5.75 Å². The highest BCUT2D eigenvalue weighted by atomic mass is 35.5. The summed E-state index contributed by atoms with van der Waals surface area (Å²) >= 11 is 6.92. The second kappa shape index (κ2) is 9.82. The van der Waals surface area contributed by atoms with Gasteiger partial charge >= 0.3 is 5.97 Å². The van der Waals surface area contributed by atoms with Crippen molar-refractivity contribution in [1.82, 2.24) is 4.90 Å². The summed E-state index contributed by atoms with van der Waals surface area (Å²) in [6.45, 7) is 3.35. The van der Waals surface area contributed by atoms with Crippen LogP contribution >= 0.6 is 23.4 Å². The summed E-state index contributed by atoms with van der Waals surface area (Å²) in [5.41, 5.74) is 1.61. The van der Waals surface area contributed by atoms with Gasteiger partial charge in [-0.1, -0.05) is 41.9 Å². The van der Waals surface area contributed by atoms with Crippen molar-refractivity contribution >= 4 is 46.6 Å². The lowest BCUT2D eigenvalue weighted by Crippen LogP contribution is -2.35. The number of esters is 1. The highest BCUT2D eigenvalue weighted by Gasteiger charge is 2.36. The van der Waals surface area contributed by atoms with Crippen molar-refractivity contribution in [3.8, 4) is 5.75 Å². The SMILES string of the molecule is CC(C)OC(=O)CN1C(=O)S/C(=C/c2ccc(OCc3ccccc3Cl)cc2)C1=O. The van der Waals surface area contributed by atoms with Crippen LogP contribution in [0.4, 0.5) is 4.79 Å². The van der Waals surface area contributed by atoms with E-state index >= 15 is 0 Å². The van der Waals surface area contributed by atoms with Gasteiger partial charge in [-0.2, -0.15) is 0 Å². The molecule has 30 heavy (non-hydrogen) atoms. The van der Waals surface area contributed by atoms with Crippen LogP contribution in [0.15, 0.2) is 53.4 Å². The Kier molecular flexibility index (Phi) is 7.18. The summed E-state index contributed by atoms with van der Waals surface area (Å²) in [6.07, 6.45) is 1.29. The Hall–Kier alpha value is -2.77. The molecule has 1 heterocycles. The largest absolute Gasteiger partial charge is 0.489 e. The maximum atomic E-state index is 12.5. The van der Waals surface area contributed by atoms with E-state index in [1.807, 2.05) is 18.2 Å². The third-order valence-electron chi connectivity index (χ3n) is 4.06. The van der Waals surface area contributed by atoms with Gasteiger partial charge in [-0.3, -0.25) is 19.3 Å². The van der Waals surface area contributed by atoms with E-state index in [1.165, 1.54) is 0 Å². The topological polar surface area (TPSA) is 72.9 Å². The first-order chi connectivity index (χ1) is 14.3. The van der Waals surface area contributed by atoms with E-state index in [9.17, 15) is 14.4 Å². The van der Waals surface area contributed by atoms with Crippen molar-refractivity contribution < 1.29 is 23.9 Å². The standard InChI is InChI=1S/C22H20ClNO5S/c1-14(2)29-20(25)12-24-21(26)19(30-22(24)27)11-15-7-9-17(10-8-15)28-13-16-5-3-4-6-18(16)23/h3-11,14H,12-13H2,1-2H3/b19-11+. The van der Waals surface area contributed by atoms with E-state index in [0.717, 1.165) is 27.8 Å². The molecule has 1 aliphatic heterocycles. The predicted molar refractivity (Wildman–Crippen MR) is 116 cm³/mol. The maximum Gasteiger partial charge on any atom is 0.326 e. The van der Waals surface area contributed by atoms with Crippen LogP contribution in [0.1, 0.15) is 25.0 Å².